The van der Waals surface area contributed by atoms with E-state index in [-0.39, 0.29) is 0 Å². The van der Waals surface area contributed by atoms with Gasteiger partial charge in [-0.05, 0) is 24.6 Å². The van der Waals surface area contributed by atoms with E-state index in [0.717, 1.165) is 11.3 Å². The highest BCUT2D eigenvalue weighted by atomic mass is 35.5. The summed E-state index contributed by atoms with van der Waals surface area (Å²) in [7, 11) is 0. The molecule has 1 aromatic rings. The third kappa shape index (κ3) is 1.34. The average Bonchev–Trinajstić information content (AvgIpc) is 2.42. The first-order valence-electron chi connectivity index (χ1n) is 4.31. The highest BCUT2D eigenvalue weighted by molar-refractivity contribution is 6.30. The summed E-state index contributed by atoms with van der Waals surface area (Å²) in [5, 5.41) is 12.6. The summed E-state index contributed by atoms with van der Waals surface area (Å²) in [6.07, 6.45) is 0.495. The van der Waals surface area contributed by atoms with Crippen LogP contribution in [0.3, 0.4) is 0 Å². The van der Waals surface area contributed by atoms with Crippen molar-refractivity contribution in [2.45, 2.75) is 18.9 Å². The number of carboxylic acids is 1. The standard InChI is InChI=1S/C10H10ClNO2/c1-10(9(13)14)5-6-2-3-7(11)4-8(6)12-10/h2-4,12H,5H2,1H3,(H,13,14). The smallest absolute Gasteiger partial charge is 0.329 e. The molecule has 2 rings (SSSR count). The molecule has 0 bridgehead atoms. The Labute approximate surface area is 86.7 Å². The Kier molecular flexibility index (Phi) is 1.93. The fourth-order valence-corrected chi connectivity index (χ4v) is 1.84. The summed E-state index contributed by atoms with van der Waals surface area (Å²) in [6, 6.07) is 5.39. The molecule has 1 aliphatic heterocycles. The molecular weight excluding hydrogens is 202 g/mol. The molecule has 0 saturated carbocycles. The molecule has 0 fully saturated rings. The number of halogens is 1. The van der Waals surface area contributed by atoms with Crippen LogP contribution in [-0.2, 0) is 11.2 Å². The van der Waals surface area contributed by atoms with Crippen molar-refractivity contribution in [3.05, 3.63) is 28.8 Å². The van der Waals surface area contributed by atoms with E-state index in [9.17, 15) is 4.79 Å². The zero-order valence-electron chi connectivity index (χ0n) is 7.67. The van der Waals surface area contributed by atoms with Crippen molar-refractivity contribution in [1.82, 2.24) is 0 Å². The number of carbonyl (C=O) groups is 1. The van der Waals surface area contributed by atoms with E-state index >= 15 is 0 Å². The molecule has 74 valence electrons. The molecule has 1 aliphatic rings. The van der Waals surface area contributed by atoms with Gasteiger partial charge in [0.15, 0.2) is 0 Å². The minimum atomic E-state index is -0.896. The Bertz CT molecular complexity index is 405. The number of nitrogens with one attached hydrogen (secondary N) is 1. The number of fused-ring (bicyclic) bond motifs is 1. The number of benzene rings is 1. The van der Waals surface area contributed by atoms with Gasteiger partial charge in [0, 0.05) is 17.1 Å². The molecule has 1 atom stereocenters. The minimum Gasteiger partial charge on any atom is -0.480 e. The molecular formula is C10H10ClNO2. The van der Waals surface area contributed by atoms with Gasteiger partial charge >= 0.3 is 5.97 Å². The third-order valence-electron chi connectivity index (χ3n) is 2.50. The van der Waals surface area contributed by atoms with Crippen molar-refractivity contribution in [2.75, 3.05) is 5.32 Å². The van der Waals surface area contributed by atoms with Gasteiger partial charge in [-0.1, -0.05) is 17.7 Å². The molecule has 0 aliphatic carbocycles. The molecule has 1 heterocycles. The zero-order chi connectivity index (χ0) is 10.3. The second-order valence-corrected chi connectivity index (χ2v) is 4.18. The van der Waals surface area contributed by atoms with Crippen molar-refractivity contribution < 1.29 is 9.90 Å². The summed E-state index contributed by atoms with van der Waals surface area (Å²) >= 11 is 5.81. The highest BCUT2D eigenvalue weighted by Crippen LogP contribution is 2.34. The Morgan fingerprint density at radius 2 is 2.36 bits per heavy atom. The van der Waals surface area contributed by atoms with Crippen LogP contribution in [0.15, 0.2) is 18.2 Å². The lowest BCUT2D eigenvalue weighted by Gasteiger charge is -2.18. The molecule has 0 spiro atoms. The van der Waals surface area contributed by atoms with E-state index in [0.29, 0.717) is 11.4 Å². The van der Waals surface area contributed by atoms with E-state index in [1.807, 2.05) is 6.07 Å². The van der Waals surface area contributed by atoms with E-state index < -0.39 is 11.5 Å². The fourth-order valence-electron chi connectivity index (χ4n) is 1.67. The predicted octanol–water partition coefficient (Wildman–Crippen LogP) is 2.15. The van der Waals surface area contributed by atoms with Crippen LogP contribution in [0.4, 0.5) is 5.69 Å². The second kappa shape index (κ2) is 2.89. The molecule has 4 heteroatoms. The molecule has 0 saturated heterocycles. The van der Waals surface area contributed by atoms with Crippen molar-refractivity contribution in [3.63, 3.8) is 0 Å². The first-order chi connectivity index (χ1) is 6.51. The quantitative estimate of drug-likeness (QED) is 0.749. The maximum absolute atomic E-state index is 11.0. The number of carboxylic acid groups (broad SMARTS) is 1. The van der Waals surface area contributed by atoms with Crippen LogP contribution in [0.1, 0.15) is 12.5 Å². The zero-order valence-corrected chi connectivity index (χ0v) is 8.43. The topological polar surface area (TPSA) is 49.3 Å². The molecule has 1 unspecified atom stereocenters. The van der Waals surface area contributed by atoms with Crippen LogP contribution in [0, 0.1) is 0 Å². The average molecular weight is 212 g/mol. The van der Waals surface area contributed by atoms with E-state index in [4.69, 9.17) is 16.7 Å². The first kappa shape index (κ1) is 9.34. The van der Waals surface area contributed by atoms with Crippen molar-refractivity contribution in [2.24, 2.45) is 0 Å². The third-order valence-corrected chi connectivity index (χ3v) is 2.73. The predicted molar refractivity (Wildman–Crippen MR) is 54.8 cm³/mol. The Balaban J connectivity index is 2.39. The summed E-state index contributed by atoms with van der Waals surface area (Å²) in [5.41, 5.74) is 0.925. The first-order valence-corrected chi connectivity index (χ1v) is 4.69. The van der Waals surface area contributed by atoms with Gasteiger partial charge in [-0.3, -0.25) is 0 Å². The lowest BCUT2D eigenvalue weighted by Crippen LogP contribution is -2.41. The van der Waals surface area contributed by atoms with Gasteiger partial charge in [0.25, 0.3) is 0 Å². The van der Waals surface area contributed by atoms with Gasteiger partial charge in [-0.15, -0.1) is 0 Å². The molecule has 0 amide bonds. The molecule has 2 N–H and O–H groups in total. The number of hydrogen-bond acceptors (Lipinski definition) is 2. The summed E-state index contributed by atoms with van der Waals surface area (Å²) in [6.45, 7) is 1.67. The van der Waals surface area contributed by atoms with Gasteiger partial charge in [-0.25, -0.2) is 4.79 Å². The van der Waals surface area contributed by atoms with E-state index in [1.54, 1.807) is 19.1 Å². The van der Waals surface area contributed by atoms with Crippen LogP contribution >= 0.6 is 11.6 Å². The van der Waals surface area contributed by atoms with Crippen molar-refractivity contribution in [3.8, 4) is 0 Å². The van der Waals surface area contributed by atoms with E-state index in [2.05, 4.69) is 5.32 Å². The molecule has 0 radical (unpaired) electrons. The lowest BCUT2D eigenvalue weighted by atomic mass is 9.98. The highest BCUT2D eigenvalue weighted by Gasteiger charge is 2.39. The summed E-state index contributed by atoms with van der Waals surface area (Å²) in [5.74, 6) is -0.843. The normalized spacial score (nSPS) is 24.1. The molecule has 3 nitrogen and oxygen atoms in total. The number of rotatable bonds is 1. The second-order valence-electron chi connectivity index (χ2n) is 3.74. The van der Waals surface area contributed by atoms with Crippen LogP contribution in [0.2, 0.25) is 5.02 Å². The molecule has 0 aromatic heterocycles. The van der Waals surface area contributed by atoms with Crippen LogP contribution in [0.5, 0.6) is 0 Å². The summed E-state index contributed by atoms with van der Waals surface area (Å²) < 4.78 is 0. The number of hydrogen-bond donors (Lipinski definition) is 2. The van der Waals surface area contributed by atoms with Gasteiger partial charge in [0.05, 0.1) is 0 Å². The van der Waals surface area contributed by atoms with Crippen LogP contribution in [0.25, 0.3) is 0 Å². The molecule has 14 heavy (non-hydrogen) atoms. The molecule has 1 aromatic carbocycles. The monoisotopic (exact) mass is 211 g/mol. The van der Waals surface area contributed by atoms with Crippen LogP contribution in [-0.4, -0.2) is 16.6 Å². The SMILES string of the molecule is CC1(C(=O)O)Cc2ccc(Cl)cc2N1. The van der Waals surface area contributed by atoms with Gasteiger partial charge < -0.3 is 10.4 Å². The van der Waals surface area contributed by atoms with Gasteiger partial charge in [-0.2, -0.15) is 0 Å². The fraction of sp³-hybridized carbons (Fsp3) is 0.300. The largest absolute Gasteiger partial charge is 0.480 e. The minimum absolute atomic E-state index is 0.495. The Hall–Kier alpha value is -1.22. The Morgan fingerprint density at radius 3 is 3.00 bits per heavy atom. The van der Waals surface area contributed by atoms with Gasteiger partial charge in [0.1, 0.15) is 5.54 Å². The number of anilines is 1. The van der Waals surface area contributed by atoms with Gasteiger partial charge in [0.2, 0.25) is 0 Å². The maximum Gasteiger partial charge on any atom is 0.329 e. The van der Waals surface area contributed by atoms with Crippen molar-refractivity contribution >= 4 is 23.3 Å². The van der Waals surface area contributed by atoms with E-state index in [1.165, 1.54) is 0 Å². The Morgan fingerprint density at radius 1 is 1.64 bits per heavy atom. The lowest BCUT2D eigenvalue weighted by molar-refractivity contribution is -0.141. The van der Waals surface area contributed by atoms with Crippen molar-refractivity contribution in [1.29, 1.82) is 0 Å². The number of aliphatic carboxylic acids is 1. The maximum atomic E-state index is 11.0. The summed E-state index contributed by atoms with van der Waals surface area (Å²) in [4.78, 5) is 11.0. The van der Waals surface area contributed by atoms with Crippen LogP contribution < -0.4 is 5.32 Å².